The van der Waals surface area contributed by atoms with Gasteiger partial charge in [-0.25, -0.2) is 0 Å². The lowest BCUT2D eigenvalue weighted by atomic mass is 9.98. The molecule has 3 heterocycles. The third kappa shape index (κ3) is 7.43. The zero-order chi connectivity index (χ0) is 36.6. The van der Waals surface area contributed by atoms with Gasteiger partial charge in [0.25, 0.3) is 11.9 Å². The zero-order valence-electron chi connectivity index (χ0n) is 25.5. The lowest BCUT2D eigenvalue weighted by Crippen LogP contribution is -2.60. The maximum Gasteiger partial charge on any atom is 0.317 e. The van der Waals surface area contributed by atoms with E-state index in [1.165, 1.54) is 6.08 Å². The number of fused-ring (bicyclic) bond motifs is 1. The quantitative estimate of drug-likeness (QED) is 0.0500. The summed E-state index contributed by atoms with van der Waals surface area (Å²) in [5, 5.41) is 122. The summed E-state index contributed by atoms with van der Waals surface area (Å²) in [5.74, 6) is -6.13. The summed E-state index contributed by atoms with van der Waals surface area (Å²) < 4.78 is 31.9. The minimum Gasteiger partial charge on any atom is -0.571 e. The molecule has 3 aliphatic heterocycles. The number of carboxylic acid groups (broad SMARTS) is 1. The van der Waals surface area contributed by atoms with Crippen molar-refractivity contribution in [3.8, 4) is 34.5 Å². The van der Waals surface area contributed by atoms with Crippen LogP contribution in [0.4, 0.5) is 0 Å². The zero-order valence-corrected chi connectivity index (χ0v) is 25.5. The number of aromatic hydroxyl groups is 5. The number of carbonyl (C=O) groups excluding carboxylic acids is 1. The van der Waals surface area contributed by atoms with E-state index >= 15 is 0 Å². The Bertz CT molecular complexity index is 1590. The van der Waals surface area contributed by atoms with Crippen molar-refractivity contribution in [2.75, 3.05) is 13.2 Å². The fraction of sp³-hybridized carbons (Fsp3) is 0.467. The van der Waals surface area contributed by atoms with E-state index in [0.717, 1.165) is 24.3 Å². The summed E-state index contributed by atoms with van der Waals surface area (Å²) in [4.78, 5) is 22.5. The molecule has 20 heteroatoms. The van der Waals surface area contributed by atoms with Gasteiger partial charge in [0.2, 0.25) is 12.6 Å². The minimum atomic E-state index is -1.95. The summed E-state index contributed by atoms with van der Waals surface area (Å²) in [6, 6.07) is 4.21. The van der Waals surface area contributed by atoms with E-state index in [-0.39, 0.29) is 28.4 Å². The molecule has 2 fully saturated rings. The fourth-order valence-corrected chi connectivity index (χ4v) is 5.42. The van der Waals surface area contributed by atoms with Crippen molar-refractivity contribution in [2.24, 2.45) is 0 Å². The second-order valence-corrected chi connectivity index (χ2v) is 11.6. The van der Waals surface area contributed by atoms with E-state index < -0.39 is 122 Å². The Morgan fingerprint density at radius 3 is 1.94 bits per heavy atom. The van der Waals surface area contributed by atoms with Crippen molar-refractivity contribution in [1.82, 2.24) is 0 Å². The normalized spacial score (nSPS) is 32.2. The van der Waals surface area contributed by atoms with E-state index in [9.17, 15) is 65.8 Å². The number of hydrogen-bond donors (Lipinski definition) is 12. The number of rotatable bonds is 10. The van der Waals surface area contributed by atoms with Crippen molar-refractivity contribution >= 4 is 18.0 Å². The average molecular weight is 716 g/mol. The Labute approximate surface area is 280 Å². The van der Waals surface area contributed by atoms with Crippen LogP contribution in [0.15, 0.2) is 30.0 Å². The number of aliphatic hydroxyl groups excluding tert-OH is 7. The molecule has 2 saturated heterocycles. The van der Waals surface area contributed by atoms with Crippen LogP contribution in [0.2, 0.25) is 0 Å². The SMILES string of the molecule is O=C(O)CC(=O)OCC1OC(Oc2cc(O)cc3c2C=C(OC2OC(CO)C(O)C(O)C2O)C(c2cc(O)c(O)c(O)c2)[OH+]3)C(O)C(O)C1O. The standard InChI is InChI=1S/C30H34O20/c31-7-17-22(39)24(41)26(43)30(49-17)48-16-5-11-14(46-28(16)9-1-12(33)21(38)13(34)2-9)3-10(32)4-15(11)47-29-27(44)25(42)23(40)18(50-29)8-45-20(37)6-19(35)36/h1-5,17-18,22-34,38-44H,6-8H2,(H,35,36)/p+1. The third-order valence-corrected chi connectivity index (χ3v) is 8.05. The number of aliphatic carboxylic acids is 1. The van der Waals surface area contributed by atoms with Crippen LogP contribution in [0, 0.1) is 0 Å². The van der Waals surface area contributed by atoms with Crippen LogP contribution in [0.3, 0.4) is 0 Å². The molecular formula is C30H35O20+. The van der Waals surface area contributed by atoms with Crippen LogP contribution in [-0.2, 0) is 28.5 Å². The number of phenolic OH excluding ortho intramolecular Hbond substituents is 4. The second kappa shape index (κ2) is 14.7. The summed E-state index contributed by atoms with van der Waals surface area (Å²) in [5.41, 5.74) is -0.0414. The molecule has 0 amide bonds. The summed E-state index contributed by atoms with van der Waals surface area (Å²) in [6.45, 7) is -1.54. The van der Waals surface area contributed by atoms with Crippen LogP contribution in [0.1, 0.15) is 23.7 Å². The fourth-order valence-electron chi connectivity index (χ4n) is 5.42. The molecule has 11 atom stereocenters. The highest BCUT2D eigenvalue weighted by Gasteiger charge is 2.48. The first-order chi connectivity index (χ1) is 23.6. The lowest BCUT2D eigenvalue weighted by Gasteiger charge is -2.41. The van der Waals surface area contributed by atoms with E-state index in [0.29, 0.717) is 0 Å². The third-order valence-electron chi connectivity index (χ3n) is 8.05. The number of aliphatic hydroxyl groups is 8. The Balaban J connectivity index is 1.50. The van der Waals surface area contributed by atoms with Gasteiger partial charge in [0, 0.05) is 12.1 Å². The first-order valence-corrected chi connectivity index (χ1v) is 14.8. The van der Waals surface area contributed by atoms with Crippen LogP contribution >= 0.6 is 0 Å². The maximum absolute atomic E-state index is 11.7. The summed E-state index contributed by atoms with van der Waals surface area (Å²) >= 11 is 0. The van der Waals surface area contributed by atoms with Gasteiger partial charge < -0.3 is 89.7 Å². The Morgan fingerprint density at radius 1 is 0.760 bits per heavy atom. The molecule has 13 N–H and O–H groups in total. The number of phenols is 4. The highest BCUT2D eigenvalue weighted by molar-refractivity contribution is 5.90. The molecule has 0 bridgehead atoms. The smallest absolute Gasteiger partial charge is 0.317 e. The monoisotopic (exact) mass is 715 g/mol. The molecule has 0 aromatic heterocycles. The molecule has 274 valence electrons. The van der Waals surface area contributed by atoms with Crippen LogP contribution in [-0.4, -0.2) is 153 Å². The van der Waals surface area contributed by atoms with Crippen molar-refractivity contribution in [1.29, 1.82) is 0 Å². The van der Waals surface area contributed by atoms with Crippen molar-refractivity contribution in [2.45, 2.75) is 73.9 Å². The van der Waals surface area contributed by atoms with Gasteiger partial charge in [-0.2, -0.15) is 0 Å². The first kappa shape index (κ1) is 36.6. The average Bonchev–Trinajstić information content (AvgIpc) is 3.06. The second-order valence-electron chi connectivity index (χ2n) is 11.6. The predicted octanol–water partition coefficient (Wildman–Crippen LogP) is -3.13. The van der Waals surface area contributed by atoms with Crippen molar-refractivity contribution in [3.05, 3.63) is 41.2 Å². The van der Waals surface area contributed by atoms with Gasteiger partial charge in [-0.15, -0.1) is 0 Å². The molecule has 0 spiro atoms. The molecule has 2 aromatic rings. The van der Waals surface area contributed by atoms with Crippen molar-refractivity contribution in [3.63, 3.8) is 0 Å². The molecule has 11 unspecified atom stereocenters. The van der Waals surface area contributed by atoms with Crippen LogP contribution in [0.25, 0.3) is 6.08 Å². The molecule has 0 saturated carbocycles. The minimum absolute atomic E-state index is 0.0199. The van der Waals surface area contributed by atoms with Gasteiger partial charge >= 0.3 is 11.9 Å². The van der Waals surface area contributed by atoms with Gasteiger partial charge in [0.05, 0.1) is 18.2 Å². The number of esters is 1. The largest absolute Gasteiger partial charge is 0.571 e. The van der Waals surface area contributed by atoms with Gasteiger partial charge in [-0.3, -0.25) is 9.59 Å². The maximum atomic E-state index is 11.7. The van der Waals surface area contributed by atoms with Gasteiger partial charge in [-0.05, 0) is 12.1 Å². The Morgan fingerprint density at radius 2 is 1.34 bits per heavy atom. The molecule has 20 nitrogen and oxygen atoms in total. The van der Waals surface area contributed by atoms with Gasteiger partial charge in [0.15, 0.2) is 23.0 Å². The number of carboxylic acids is 1. The van der Waals surface area contributed by atoms with Crippen molar-refractivity contribution < 1.29 is 99.3 Å². The summed E-state index contributed by atoms with van der Waals surface area (Å²) in [6.07, 6.45) is -18.8. The number of benzene rings is 2. The lowest BCUT2D eigenvalue weighted by molar-refractivity contribution is -0.295. The van der Waals surface area contributed by atoms with E-state index in [1.54, 1.807) is 0 Å². The molecule has 2 aromatic carbocycles. The summed E-state index contributed by atoms with van der Waals surface area (Å²) in [7, 11) is 0. The van der Waals surface area contributed by atoms with E-state index in [1.807, 2.05) is 0 Å². The van der Waals surface area contributed by atoms with Crippen LogP contribution < -0.4 is 4.74 Å². The van der Waals surface area contributed by atoms with Gasteiger partial charge in [-0.1, -0.05) is 0 Å². The van der Waals surface area contributed by atoms with Gasteiger partial charge in [0.1, 0.15) is 78.9 Å². The van der Waals surface area contributed by atoms with E-state index in [2.05, 4.69) is 4.74 Å². The molecule has 50 heavy (non-hydrogen) atoms. The Kier molecular flexibility index (Phi) is 10.8. The number of carbonyl (C=O) groups is 2. The highest BCUT2D eigenvalue weighted by Crippen LogP contribution is 2.48. The van der Waals surface area contributed by atoms with Crippen LogP contribution in [0.5, 0.6) is 34.5 Å². The molecule has 0 aliphatic carbocycles. The Hall–Kier alpha value is -4.64. The molecular weight excluding hydrogens is 680 g/mol. The molecule has 0 radical (unpaired) electrons. The topological polar surface area (TPSA) is 336 Å². The first-order valence-electron chi connectivity index (χ1n) is 14.8. The predicted molar refractivity (Wildman–Crippen MR) is 157 cm³/mol. The molecule has 3 aliphatic rings. The molecule has 5 rings (SSSR count). The highest BCUT2D eigenvalue weighted by atomic mass is 16.7. The van der Waals surface area contributed by atoms with E-state index in [4.69, 9.17) is 28.8 Å². The number of hydrogen-bond acceptors (Lipinski definition) is 18. The number of ether oxygens (including phenoxy) is 6.